The lowest BCUT2D eigenvalue weighted by Crippen LogP contribution is -2.21. The zero-order valence-corrected chi connectivity index (χ0v) is 12.4. The van der Waals surface area contributed by atoms with Gasteiger partial charge in [0, 0.05) is 0 Å². The van der Waals surface area contributed by atoms with Crippen LogP contribution in [0, 0.1) is 5.92 Å². The first-order chi connectivity index (χ1) is 8.24. The summed E-state index contributed by atoms with van der Waals surface area (Å²) < 4.78 is 5.76. The van der Waals surface area contributed by atoms with Crippen LogP contribution in [0.3, 0.4) is 0 Å². The monoisotopic (exact) mass is 256 g/mol. The molecule has 1 aliphatic heterocycles. The SMILES string of the molecule is CCCCSCCCCC1CCC2(C)OC2C1. The van der Waals surface area contributed by atoms with Crippen LogP contribution in [-0.4, -0.2) is 23.2 Å². The van der Waals surface area contributed by atoms with Gasteiger partial charge in [-0.3, -0.25) is 0 Å². The van der Waals surface area contributed by atoms with Crippen LogP contribution in [0.2, 0.25) is 0 Å². The fourth-order valence-corrected chi connectivity index (χ4v) is 4.07. The Balaban J connectivity index is 1.44. The van der Waals surface area contributed by atoms with Gasteiger partial charge in [0.2, 0.25) is 0 Å². The molecule has 0 radical (unpaired) electrons. The summed E-state index contributed by atoms with van der Waals surface area (Å²) >= 11 is 2.15. The van der Waals surface area contributed by atoms with Crippen molar-refractivity contribution in [1.29, 1.82) is 0 Å². The average Bonchev–Trinajstić information content (AvgIpc) is 2.99. The van der Waals surface area contributed by atoms with E-state index >= 15 is 0 Å². The van der Waals surface area contributed by atoms with Gasteiger partial charge < -0.3 is 4.74 Å². The smallest absolute Gasteiger partial charge is 0.0920 e. The van der Waals surface area contributed by atoms with Gasteiger partial charge in [-0.15, -0.1) is 0 Å². The molecule has 0 aromatic carbocycles. The summed E-state index contributed by atoms with van der Waals surface area (Å²) in [6, 6.07) is 0. The van der Waals surface area contributed by atoms with Gasteiger partial charge in [0.05, 0.1) is 11.7 Å². The van der Waals surface area contributed by atoms with Crippen LogP contribution in [-0.2, 0) is 4.74 Å². The molecular formula is C15H28OS. The molecule has 1 saturated carbocycles. The second-order valence-corrected chi connectivity index (χ2v) is 7.25. The molecule has 100 valence electrons. The molecule has 2 fully saturated rings. The first-order valence-corrected chi connectivity index (χ1v) is 8.65. The Kier molecular flexibility index (Phi) is 5.23. The van der Waals surface area contributed by atoms with E-state index in [9.17, 15) is 0 Å². The normalized spacial score (nSPS) is 35.6. The Labute approximate surface area is 111 Å². The first kappa shape index (κ1) is 13.7. The van der Waals surface area contributed by atoms with Crippen LogP contribution in [0.1, 0.15) is 65.2 Å². The molecule has 3 atom stereocenters. The number of unbranched alkanes of at least 4 members (excludes halogenated alkanes) is 2. The predicted molar refractivity (Wildman–Crippen MR) is 76.7 cm³/mol. The van der Waals surface area contributed by atoms with Crippen molar-refractivity contribution in [2.45, 2.75) is 76.9 Å². The minimum atomic E-state index is 0.312. The standard InChI is InChI=1S/C15H28OS/c1-3-4-10-17-11-6-5-7-13-8-9-15(2)14(12-13)16-15/h13-14H,3-12H2,1-2H3. The van der Waals surface area contributed by atoms with Crippen molar-refractivity contribution in [3.8, 4) is 0 Å². The summed E-state index contributed by atoms with van der Waals surface area (Å²) in [6.07, 6.45) is 11.7. The molecule has 0 bridgehead atoms. The summed E-state index contributed by atoms with van der Waals surface area (Å²) in [7, 11) is 0. The van der Waals surface area contributed by atoms with Crippen molar-refractivity contribution in [2.24, 2.45) is 5.92 Å². The van der Waals surface area contributed by atoms with Crippen molar-refractivity contribution >= 4 is 11.8 Å². The third kappa shape index (κ3) is 4.17. The van der Waals surface area contributed by atoms with Crippen LogP contribution in [0.15, 0.2) is 0 Å². The maximum absolute atomic E-state index is 5.76. The highest BCUT2D eigenvalue weighted by Gasteiger charge is 2.54. The number of fused-ring (bicyclic) bond motifs is 1. The quantitative estimate of drug-likeness (QED) is 0.463. The molecule has 1 aliphatic carbocycles. The van der Waals surface area contributed by atoms with E-state index in [2.05, 4.69) is 25.6 Å². The molecule has 0 aromatic rings. The highest BCUT2D eigenvalue weighted by molar-refractivity contribution is 7.99. The molecule has 1 nitrogen and oxygen atoms in total. The van der Waals surface area contributed by atoms with E-state index in [4.69, 9.17) is 4.74 Å². The molecule has 0 N–H and O–H groups in total. The molecule has 2 heteroatoms. The largest absolute Gasteiger partial charge is 0.366 e. The van der Waals surface area contributed by atoms with E-state index in [-0.39, 0.29) is 0 Å². The van der Waals surface area contributed by atoms with Crippen LogP contribution in [0.5, 0.6) is 0 Å². The molecule has 17 heavy (non-hydrogen) atoms. The minimum absolute atomic E-state index is 0.312. The Morgan fingerprint density at radius 2 is 2.06 bits per heavy atom. The van der Waals surface area contributed by atoms with E-state index in [1.165, 1.54) is 62.9 Å². The van der Waals surface area contributed by atoms with Gasteiger partial charge in [-0.1, -0.05) is 26.2 Å². The topological polar surface area (TPSA) is 12.5 Å². The Hall–Kier alpha value is 0.310. The van der Waals surface area contributed by atoms with E-state index in [1.807, 2.05) is 0 Å². The summed E-state index contributed by atoms with van der Waals surface area (Å²) in [6.45, 7) is 4.57. The number of epoxide rings is 1. The number of hydrogen-bond donors (Lipinski definition) is 0. The van der Waals surface area contributed by atoms with E-state index < -0.39 is 0 Å². The molecule has 0 amide bonds. The average molecular weight is 256 g/mol. The second-order valence-electron chi connectivity index (χ2n) is 6.02. The lowest BCUT2D eigenvalue weighted by Gasteiger charge is -2.22. The highest BCUT2D eigenvalue weighted by atomic mass is 32.2. The van der Waals surface area contributed by atoms with Crippen molar-refractivity contribution < 1.29 is 4.74 Å². The van der Waals surface area contributed by atoms with Crippen LogP contribution < -0.4 is 0 Å². The van der Waals surface area contributed by atoms with Gasteiger partial charge >= 0.3 is 0 Å². The molecule has 0 aromatic heterocycles. The second kappa shape index (κ2) is 6.47. The Bertz CT molecular complexity index is 231. The molecule has 1 saturated heterocycles. The third-order valence-corrected chi connectivity index (χ3v) is 5.58. The van der Waals surface area contributed by atoms with Crippen molar-refractivity contribution in [3.63, 3.8) is 0 Å². The van der Waals surface area contributed by atoms with Crippen LogP contribution in [0.25, 0.3) is 0 Å². The molecule has 1 heterocycles. The zero-order chi connectivity index (χ0) is 12.1. The number of rotatable bonds is 8. The van der Waals surface area contributed by atoms with Crippen molar-refractivity contribution in [3.05, 3.63) is 0 Å². The summed E-state index contributed by atoms with van der Waals surface area (Å²) in [5, 5.41) is 0. The molecule has 3 unspecified atom stereocenters. The lowest BCUT2D eigenvalue weighted by atomic mass is 9.81. The van der Waals surface area contributed by atoms with Crippen LogP contribution >= 0.6 is 11.8 Å². The van der Waals surface area contributed by atoms with Gasteiger partial charge in [0.25, 0.3) is 0 Å². The molecule has 0 spiro atoms. The van der Waals surface area contributed by atoms with Crippen molar-refractivity contribution in [2.75, 3.05) is 11.5 Å². The third-order valence-electron chi connectivity index (χ3n) is 4.43. The molecule has 2 rings (SSSR count). The Morgan fingerprint density at radius 1 is 1.24 bits per heavy atom. The van der Waals surface area contributed by atoms with Crippen molar-refractivity contribution in [1.82, 2.24) is 0 Å². The highest BCUT2D eigenvalue weighted by Crippen LogP contribution is 2.50. The number of ether oxygens (including phenoxy) is 1. The number of thioether (sulfide) groups is 1. The Morgan fingerprint density at radius 3 is 2.82 bits per heavy atom. The fourth-order valence-electron chi connectivity index (χ4n) is 2.97. The summed E-state index contributed by atoms with van der Waals surface area (Å²) in [5.41, 5.74) is 0.312. The fraction of sp³-hybridized carbons (Fsp3) is 1.00. The number of hydrogen-bond acceptors (Lipinski definition) is 2. The zero-order valence-electron chi connectivity index (χ0n) is 11.5. The predicted octanol–water partition coefficient (Wildman–Crippen LogP) is 4.65. The van der Waals surface area contributed by atoms with E-state index in [1.54, 1.807) is 0 Å². The maximum atomic E-state index is 5.76. The maximum Gasteiger partial charge on any atom is 0.0920 e. The molecule has 2 aliphatic rings. The first-order valence-electron chi connectivity index (χ1n) is 7.50. The van der Waals surface area contributed by atoms with Crippen LogP contribution in [0.4, 0.5) is 0 Å². The van der Waals surface area contributed by atoms with Gasteiger partial charge in [0.15, 0.2) is 0 Å². The van der Waals surface area contributed by atoms with Gasteiger partial charge in [-0.05, 0) is 56.5 Å². The van der Waals surface area contributed by atoms with Gasteiger partial charge in [-0.25, -0.2) is 0 Å². The van der Waals surface area contributed by atoms with Gasteiger partial charge in [-0.2, -0.15) is 11.8 Å². The molecular weight excluding hydrogens is 228 g/mol. The summed E-state index contributed by atoms with van der Waals surface area (Å²) in [5.74, 6) is 3.72. The van der Waals surface area contributed by atoms with Gasteiger partial charge in [0.1, 0.15) is 0 Å². The minimum Gasteiger partial charge on any atom is -0.366 e. The van der Waals surface area contributed by atoms with E-state index in [0.29, 0.717) is 11.7 Å². The lowest BCUT2D eigenvalue weighted by molar-refractivity contribution is 0.298. The van der Waals surface area contributed by atoms with E-state index in [0.717, 1.165) is 5.92 Å². The summed E-state index contributed by atoms with van der Waals surface area (Å²) in [4.78, 5) is 0.